The van der Waals surface area contributed by atoms with Gasteiger partial charge in [0.25, 0.3) is 0 Å². The standard InChI is InChI=1S/C18H23F3N4O3/c1-11(16(26)22-12-2-3-12)24-6-8-25(9-7-24)18(27)23-13-4-5-15(14(19)10-13)28-17(20)21/h4-5,10-12,17H,2-3,6-9H2,1H3,(H,22,26)(H,23,27). The van der Waals surface area contributed by atoms with Crippen LogP contribution in [0.1, 0.15) is 19.8 Å². The molecule has 1 heterocycles. The van der Waals surface area contributed by atoms with Crippen LogP contribution in [0.5, 0.6) is 5.75 Å². The average molecular weight is 400 g/mol. The molecule has 1 unspecified atom stereocenters. The number of alkyl halides is 2. The fraction of sp³-hybridized carbons (Fsp3) is 0.556. The molecule has 1 aromatic rings. The number of amides is 3. The molecule has 3 rings (SSSR count). The number of piperazine rings is 1. The van der Waals surface area contributed by atoms with Gasteiger partial charge in [-0.15, -0.1) is 0 Å². The third-order valence-corrected chi connectivity index (χ3v) is 4.85. The molecule has 1 saturated carbocycles. The summed E-state index contributed by atoms with van der Waals surface area (Å²) in [7, 11) is 0. The van der Waals surface area contributed by atoms with Crippen LogP contribution in [0.3, 0.4) is 0 Å². The molecular weight excluding hydrogens is 377 g/mol. The molecule has 1 saturated heterocycles. The van der Waals surface area contributed by atoms with Gasteiger partial charge in [0, 0.05) is 44.0 Å². The van der Waals surface area contributed by atoms with Gasteiger partial charge in [0.1, 0.15) is 0 Å². The fourth-order valence-corrected chi connectivity index (χ4v) is 3.00. The SMILES string of the molecule is CC(C(=O)NC1CC1)N1CCN(C(=O)Nc2ccc(OC(F)F)c(F)c2)CC1. The lowest BCUT2D eigenvalue weighted by atomic mass is 10.2. The maximum absolute atomic E-state index is 13.7. The topological polar surface area (TPSA) is 73.9 Å². The van der Waals surface area contributed by atoms with Crippen molar-refractivity contribution in [3.63, 3.8) is 0 Å². The minimum atomic E-state index is -3.13. The smallest absolute Gasteiger partial charge is 0.387 e. The Balaban J connectivity index is 1.48. The van der Waals surface area contributed by atoms with E-state index in [1.807, 2.05) is 11.8 Å². The van der Waals surface area contributed by atoms with Crippen LogP contribution in [-0.4, -0.2) is 66.6 Å². The van der Waals surface area contributed by atoms with E-state index in [0.29, 0.717) is 32.2 Å². The van der Waals surface area contributed by atoms with Gasteiger partial charge in [0.05, 0.1) is 6.04 Å². The van der Waals surface area contributed by atoms with Crippen molar-refractivity contribution in [2.24, 2.45) is 0 Å². The van der Waals surface area contributed by atoms with Crippen LogP contribution in [0.2, 0.25) is 0 Å². The molecule has 154 valence electrons. The van der Waals surface area contributed by atoms with Gasteiger partial charge in [-0.2, -0.15) is 8.78 Å². The minimum absolute atomic E-state index is 0.00184. The van der Waals surface area contributed by atoms with Crippen molar-refractivity contribution < 1.29 is 27.5 Å². The fourth-order valence-electron chi connectivity index (χ4n) is 3.00. The van der Waals surface area contributed by atoms with Gasteiger partial charge in [-0.1, -0.05) is 0 Å². The molecule has 7 nitrogen and oxygen atoms in total. The number of hydrogen-bond donors (Lipinski definition) is 2. The summed E-state index contributed by atoms with van der Waals surface area (Å²) in [6, 6.07) is 2.88. The first-order chi connectivity index (χ1) is 13.3. The molecule has 2 N–H and O–H groups in total. The Kier molecular flexibility index (Phi) is 6.28. The Morgan fingerprint density at radius 3 is 2.43 bits per heavy atom. The van der Waals surface area contributed by atoms with Crippen LogP contribution < -0.4 is 15.4 Å². The summed E-state index contributed by atoms with van der Waals surface area (Å²) < 4.78 is 42.1. The van der Waals surface area contributed by atoms with Crippen molar-refractivity contribution in [2.75, 3.05) is 31.5 Å². The molecule has 2 aliphatic rings. The second-order valence-corrected chi connectivity index (χ2v) is 6.94. The first kappa shape index (κ1) is 20.2. The van der Waals surface area contributed by atoms with E-state index in [1.54, 1.807) is 4.90 Å². The van der Waals surface area contributed by atoms with Crippen molar-refractivity contribution >= 4 is 17.6 Å². The molecule has 3 amide bonds. The van der Waals surface area contributed by atoms with Crippen LogP contribution in [-0.2, 0) is 4.79 Å². The van der Waals surface area contributed by atoms with Crippen molar-refractivity contribution in [3.8, 4) is 5.75 Å². The third-order valence-electron chi connectivity index (χ3n) is 4.85. The zero-order valence-electron chi connectivity index (χ0n) is 15.5. The minimum Gasteiger partial charge on any atom is -0.432 e. The van der Waals surface area contributed by atoms with Crippen molar-refractivity contribution in [1.82, 2.24) is 15.1 Å². The van der Waals surface area contributed by atoms with Crippen LogP contribution in [0, 0.1) is 5.82 Å². The number of urea groups is 1. The molecule has 0 bridgehead atoms. The number of carbonyl (C=O) groups is 2. The van der Waals surface area contributed by atoms with Crippen LogP contribution >= 0.6 is 0 Å². The Hall–Kier alpha value is -2.49. The van der Waals surface area contributed by atoms with Crippen molar-refractivity contribution in [3.05, 3.63) is 24.0 Å². The number of halogens is 3. The summed E-state index contributed by atoms with van der Waals surface area (Å²) in [6.45, 7) is 0.646. The quantitative estimate of drug-likeness (QED) is 0.768. The summed E-state index contributed by atoms with van der Waals surface area (Å²) in [4.78, 5) is 28.1. The average Bonchev–Trinajstić information content (AvgIpc) is 3.47. The van der Waals surface area contributed by atoms with Crippen LogP contribution in [0.25, 0.3) is 0 Å². The van der Waals surface area contributed by atoms with Crippen molar-refractivity contribution in [1.29, 1.82) is 0 Å². The number of nitrogens with one attached hydrogen (secondary N) is 2. The molecule has 0 aromatic heterocycles. The van der Waals surface area contributed by atoms with Crippen LogP contribution in [0.15, 0.2) is 18.2 Å². The molecule has 1 aliphatic carbocycles. The summed E-state index contributed by atoms with van der Waals surface area (Å²) in [6.07, 6.45) is 2.06. The Labute approximate surface area is 160 Å². The highest BCUT2D eigenvalue weighted by Gasteiger charge is 2.30. The molecule has 28 heavy (non-hydrogen) atoms. The number of anilines is 1. The lowest BCUT2D eigenvalue weighted by Crippen LogP contribution is -2.55. The highest BCUT2D eigenvalue weighted by molar-refractivity contribution is 5.89. The molecular formula is C18H23F3N4O3. The Morgan fingerprint density at radius 2 is 1.86 bits per heavy atom. The Bertz CT molecular complexity index is 722. The number of hydrogen-bond acceptors (Lipinski definition) is 4. The Morgan fingerprint density at radius 1 is 1.18 bits per heavy atom. The van der Waals surface area contributed by atoms with Gasteiger partial charge in [-0.05, 0) is 31.9 Å². The van der Waals surface area contributed by atoms with Gasteiger partial charge in [0.15, 0.2) is 11.6 Å². The van der Waals surface area contributed by atoms with E-state index in [4.69, 9.17) is 0 Å². The zero-order valence-corrected chi connectivity index (χ0v) is 15.5. The maximum atomic E-state index is 13.7. The predicted molar refractivity (Wildman–Crippen MR) is 95.8 cm³/mol. The van der Waals surface area contributed by atoms with Crippen LogP contribution in [0.4, 0.5) is 23.7 Å². The highest BCUT2D eigenvalue weighted by Crippen LogP contribution is 2.23. The van der Waals surface area contributed by atoms with E-state index < -0.39 is 24.2 Å². The monoisotopic (exact) mass is 400 g/mol. The van der Waals surface area contributed by atoms with Gasteiger partial charge < -0.3 is 20.3 Å². The summed E-state index contributed by atoms with van der Waals surface area (Å²) in [5.41, 5.74) is 0.142. The summed E-state index contributed by atoms with van der Waals surface area (Å²) in [5, 5.41) is 5.51. The molecule has 1 aliphatic heterocycles. The highest BCUT2D eigenvalue weighted by atomic mass is 19.3. The molecule has 1 aromatic carbocycles. The summed E-state index contributed by atoms with van der Waals surface area (Å²) in [5.74, 6) is -1.57. The first-order valence-corrected chi connectivity index (χ1v) is 9.18. The number of rotatable bonds is 6. The van der Waals surface area contributed by atoms with E-state index in [1.165, 1.54) is 6.07 Å². The molecule has 10 heteroatoms. The second-order valence-electron chi connectivity index (χ2n) is 6.94. The molecule has 0 radical (unpaired) electrons. The van der Waals surface area contributed by atoms with E-state index in [-0.39, 0.29) is 17.6 Å². The molecule has 0 spiro atoms. The number of carbonyl (C=O) groups excluding carboxylic acids is 2. The lowest BCUT2D eigenvalue weighted by molar-refractivity contribution is -0.126. The van der Waals surface area contributed by atoms with Crippen molar-refractivity contribution in [2.45, 2.75) is 38.5 Å². The van der Waals surface area contributed by atoms with E-state index >= 15 is 0 Å². The van der Waals surface area contributed by atoms with E-state index in [2.05, 4.69) is 15.4 Å². The van der Waals surface area contributed by atoms with Gasteiger partial charge in [-0.25, -0.2) is 9.18 Å². The molecule has 2 fully saturated rings. The predicted octanol–water partition coefficient (Wildman–Crippen LogP) is 2.24. The second kappa shape index (κ2) is 8.68. The largest absolute Gasteiger partial charge is 0.432 e. The summed E-state index contributed by atoms with van der Waals surface area (Å²) >= 11 is 0. The normalized spacial score (nSPS) is 18.7. The molecule has 1 atom stereocenters. The number of nitrogens with zero attached hydrogens (tertiary/aromatic N) is 2. The lowest BCUT2D eigenvalue weighted by Gasteiger charge is -2.37. The first-order valence-electron chi connectivity index (χ1n) is 9.18. The van der Waals surface area contributed by atoms with Gasteiger partial charge >= 0.3 is 12.6 Å². The number of ether oxygens (including phenoxy) is 1. The van der Waals surface area contributed by atoms with Gasteiger partial charge in [-0.3, -0.25) is 9.69 Å². The van der Waals surface area contributed by atoms with E-state index in [9.17, 15) is 22.8 Å². The third kappa shape index (κ3) is 5.28. The maximum Gasteiger partial charge on any atom is 0.387 e. The van der Waals surface area contributed by atoms with E-state index in [0.717, 1.165) is 25.0 Å². The zero-order chi connectivity index (χ0) is 20.3. The number of benzene rings is 1. The van der Waals surface area contributed by atoms with Gasteiger partial charge in [0.2, 0.25) is 5.91 Å².